The molecule has 39 heavy (non-hydrogen) atoms. The molecule has 8 nitrogen and oxygen atoms in total. The van der Waals surface area contributed by atoms with Gasteiger partial charge in [0.05, 0.1) is 26.1 Å². The summed E-state index contributed by atoms with van der Waals surface area (Å²) in [5.74, 6) is -2.92. The minimum absolute atomic E-state index is 0.0223. The number of aromatic nitrogens is 1. The summed E-state index contributed by atoms with van der Waals surface area (Å²) in [5.41, 5.74) is 1.59. The number of benzene rings is 1. The molecule has 9 heteroatoms. The summed E-state index contributed by atoms with van der Waals surface area (Å²) >= 11 is 0. The molecule has 0 fully saturated rings. The number of esters is 2. The molecule has 0 unspecified atom stereocenters. The van der Waals surface area contributed by atoms with Crippen LogP contribution in [0.4, 0.5) is 4.39 Å². The van der Waals surface area contributed by atoms with Gasteiger partial charge in [-0.1, -0.05) is 33.8 Å². The number of carbonyl (C=O) groups is 3. The molecule has 2 aromatic rings. The van der Waals surface area contributed by atoms with E-state index in [1.54, 1.807) is 6.07 Å². The van der Waals surface area contributed by atoms with Crippen LogP contribution >= 0.6 is 0 Å². The number of ketones is 1. The first kappa shape index (κ1) is 31.9. The van der Waals surface area contributed by atoms with Gasteiger partial charge in [-0.25, -0.2) is 9.37 Å². The lowest BCUT2D eigenvalue weighted by Gasteiger charge is -2.31. The smallest absolute Gasteiger partial charge is 0.313 e. The standard InChI is InChI=1S/C30H40FNO7/c1-17(2)23(30(35)38-20(6)27(18(3)4)22-10-9-21(31)15-19(22)5)16-24(33)28-29(25(37-8)11-13-32-28)39-26(34)12-14-36-7/h9-11,13,15,17-18,20,23,27H,12,14,16H2,1-8H3/t20-,23-,27+/m0/s1. The van der Waals surface area contributed by atoms with Gasteiger partial charge in [-0.05, 0) is 48.9 Å². The molecular formula is C30H40FNO7. The molecule has 0 amide bonds. The zero-order chi connectivity index (χ0) is 29.3. The summed E-state index contributed by atoms with van der Waals surface area (Å²) in [5, 5.41) is 0. The molecule has 0 saturated carbocycles. The molecule has 214 valence electrons. The first-order valence-electron chi connectivity index (χ1n) is 13.1. The largest absolute Gasteiger partial charge is 0.493 e. The third-order valence-electron chi connectivity index (χ3n) is 6.71. The van der Waals surface area contributed by atoms with Crippen LogP contribution in [-0.2, 0) is 19.1 Å². The lowest BCUT2D eigenvalue weighted by Crippen LogP contribution is -2.32. The number of carbonyl (C=O) groups excluding carboxylic acids is 3. The molecule has 1 heterocycles. The van der Waals surface area contributed by atoms with Crippen LogP contribution in [0.25, 0.3) is 0 Å². The number of ether oxygens (including phenoxy) is 4. The zero-order valence-corrected chi connectivity index (χ0v) is 24.1. The van der Waals surface area contributed by atoms with Gasteiger partial charge in [0.15, 0.2) is 17.2 Å². The highest BCUT2D eigenvalue weighted by atomic mass is 19.1. The average molecular weight is 546 g/mol. The van der Waals surface area contributed by atoms with Gasteiger partial charge in [-0.15, -0.1) is 0 Å². The Labute approximate surface area is 230 Å². The van der Waals surface area contributed by atoms with E-state index in [1.165, 1.54) is 38.6 Å². The molecule has 0 N–H and O–H groups in total. The van der Waals surface area contributed by atoms with E-state index in [-0.39, 0.29) is 60.2 Å². The second kappa shape index (κ2) is 14.7. The van der Waals surface area contributed by atoms with Crippen LogP contribution in [0.3, 0.4) is 0 Å². The van der Waals surface area contributed by atoms with E-state index in [9.17, 15) is 18.8 Å². The Bertz CT molecular complexity index is 1150. The van der Waals surface area contributed by atoms with Gasteiger partial charge in [0.2, 0.25) is 5.75 Å². The van der Waals surface area contributed by atoms with Crippen LogP contribution in [0, 0.1) is 30.5 Å². The second-order valence-electron chi connectivity index (χ2n) is 10.3. The Morgan fingerprint density at radius 1 is 1.00 bits per heavy atom. The van der Waals surface area contributed by atoms with E-state index in [4.69, 9.17) is 18.9 Å². The maximum absolute atomic E-state index is 13.7. The fourth-order valence-electron chi connectivity index (χ4n) is 4.64. The summed E-state index contributed by atoms with van der Waals surface area (Å²) in [7, 11) is 2.85. The van der Waals surface area contributed by atoms with E-state index in [0.717, 1.165) is 11.1 Å². The quantitative estimate of drug-likeness (QED) is 0.220. The van der Waals surface area contributed by atoms with Gasteiger partial charge in [0, 0.05) is 31.7 Å². The van der Waals surface area contributed by atoms with Crippen molar-refractivity contribution in [2.45, 2.75) is 66.4 Å². The molecule has 2 rings (SSSR count). The Balaban J connectivity index is 2.27. The first-order chi connectivity index (χ1) is 18.4. The molecule has 0 aliphatic carbocycles. The van der Waals surface area contributed by atoms with Crippen molar-refractivity contribution in [3.8, 4) is 11.5 Å². The fourth-order valence-corrected chi connectivity index (χ4v) is 4.64. The number of nitrogens with zero attached hydrogens (tertiary/aromatic N) is 1. The predicted molar refractivity (Wildman–Crippen MR) is 144 cm³/mol. The van der Waals surface area contributed by atoms with Crippen molar-refractivity contribution < 1.29 is 37.7 Å². The Morgan fingerprint density at radius 2 is 1.69 bits per heavy atom. The first-order valence-corrected chi connectivity index (χ1v) is 13.1. The van der Waals surface area contributed by atoms with Crippen molar-refractivity contribution in [1.29, 1.82) is 0 Å². The van der Waals surface area contributed by atoms with Crippen molar-refractivity contribution >= 4 is 17.7 Å². The molecule has 1 aromatic carbocycles. The second-order valence-corrected chi connectivity index (χ2v) is 10.3. The van der Waals surface area contributed by atoms with Crippen LogP contribution in [0.2, 0.25) is 0 Å². The van der Waals surface area contributed by atoms with Gasteiger partial charge < -0.3 is 18.9 Å². The molecule has 1 aromatic heterocycles. The third-order valence-corrected chi connectivity index (χ3v) is 6.71. The van der Waals surface area contributed by atoms with Crippen molar-refractivity contribution in [3.05, 3.63) is 53.1 Å². The van der Waals surface area contributed by atoms with Crippen LogP contribution in [0.1, 0.15) is 75.0 Å². The highest BCUT2D eigenvalue weighted by molar-refractivity contribution is 6.00. The third kappa shape index (κ3) is 8.58. The SMILES string of the molecule is COCCC(=O)Oc1c(OC)ccnc1C(=O)C[C@H](C(=O)O[C@@H](C)[C@H](c1ccc(F)cc1C)C(C)C)C(C)C. The maximum atomic E-state index is 13.7. The van der Waals surface area contributed by atoms with Gasteiger partial charge in [-0.2, -0.15) is 0 Å². The molecular weight excluding hydrogens is 505 g/mol. The Hall–Kier alpha value is -3.33. The van der Waals surface area contributed by atoms with Crippen molar-refractivity contribution in [3.63, 3.8) is 0 Å². The molecule has 0 bridgehead atoms. The summed E-state index contributed by atoms with van der Waals surface area (Å²) in [6, 6.07) is 6.08. The van der Waals surface area contributed by atoms with Crippen molar-refractivity contribution in [2.75, 3.05) is 20.8 Å². The molecule has 0 spiro atoms. The Morgan fingerprint density at radius 3 is 2.26 bits per heavy atom. The van der Waals surface area contributed by atoms with Gasteiger partial charge in [-0.3, -0.25) is 14.4 Å². The average Bonchev–Trinajstić information content (AvgIpc) is 2.86. The highest BCUT2D eigenvalue weighted by Gasteiger charge is 2.34. The summed E-state index contributed by atoms with van der Waals surface area (Å²) < 4.78 is 35.3. The lowest BCUT2D eigenvalue weighted by molar-refractivity contribution is -0.156. The minimum atomic E-state index is -0.771. The van der Waals surface area contributed by atoms with Gasteiger partial charge in [0.1, 0.15) is 11.9 Å². The van der Waals surface area contributed by atoms with Gasteiger partial charge in [0.25, 0.3) is 0 Å². The van der Waals surface area contributed by atoms with Gasteiger partial charge >= 0.3 is 11.9 Å². The number of rotatable bonds is 14. The molecule has 0 aliphatic heterocycles. The number of hydrogen-bond donors (Lipinski definition) is 0. The molecule has 0 saturated heterocycles. The van der Waals surface area contributed by atoms with Crippen molar-refractivity contribution in [2.24, 2.45) is 17.8 Å². The van der Waals surface area contributed by atoms with Crippen LogP contribution in [-0.4, -0.2) is 49.6 Å². The number of Topliss-reactive ketones (excluding diaryl/α,β-unsaturated/α-hetero) is 1. The summed E-state index contributed by atoms with van der Waals surface area (Å²) in [6.45, 7) is 11.5. The normalized spacial score (nSPS) is 13.6. The molecule has 0 radical (unpaired) electrons. The lowest BCUT2D eigenvalue weighted by atomic mass is 9.82. The van der Waals surface area contributed by atoms with Crippen LogP contribution in [0.15, 0.2) is 30.5 Å². The maximum Gasteiger partial charge on any atom is 0.313 e. The monoisotopic (exact) mass is 545 g/mol. The zero-order valence-electron chi connectivity index (χ0n) is 24.1. The molecule has 0 aliphatic rings. The Kier molecular flexibility index (Phi) is 12.0. The summed E-state index contributed by atoms with van der Waals surface area (Å²) in [4.78, 5) is 43.2. The summed E-state index contributed by atoms with van der Waals surface area (Å²) in [6.07, 6.45) is 0.631. The van der Waals surface area contributed by atoms with E-state index >= 15 is 0 Å². The fraction of sp³-hybridized carbons (Fsp3) is 0.533. The van der Waals surface area contributed by atoms with Crippen LogP contribution in [0.5, 0.6) is 11.5 Å². The van der Waals surface area contributed by atoms with E-state index in [1.807, 2.05) is 41.5 Å². The topological polar surface area (TPSA) is 101 Å². The van der Waals surface area contributed by atoms with E-state index in [0.29, 0.717) is 0 Å². The number of hydrogen-bond acceptors (Lipinski definition) is 8. The van der Waals surface area contributed by atoms with E-state index < -0.39 is 29.7 Å². The predicted octanol–water partition coefficient (Wildman–Crippen LogP) is 5.70. The highest BCUT2D eigenvalue weighted by Crippen LogP contribution is 2.35. The minimum Gasteiger partial charge on any atom is -0.493 e. The van der Waals surface area contributed by atoms with Crippen LogP contribution < -0.4 is 9.47 Å². The van der Waals surface area contributed by atoms with Crippen molar-refractivity contribution in [1.82, 2.24) is 4.98 Å². The van der Waals surface area contributed by atoms with E-state index in [2.05, 4.69) is 4.98 Å². The molecule has 3 atom stereocenters. The number of pyridine rings is 1. The number of halogens is 1. The number of aryl methyl sites for hydroxylation is 1. The number of methoxy groups -OCH3 is 2.